The predicted octanol–water partition coefficient (Wildman–Crippen LogP) is 11.0. The highest BCUT2D eigenvalue weighted by Gasteiger charge is 2.35. The minimum Gasteiger partial charge on any atom is -0.487 e. The minimum absolute atomic E-state index is 0.101. The molecular weight excluding hydrogens is 492 g/mol. The molecule has 1 aromatic carbocycles. The highest BCUT2D eigenvalue weighted by Crippen LogP contribution is 2.46. The molecule has 0 unspecified atom stereocenters. The molecule has 1 aliphatic rings. The second kappa shape index (κ2) is 15.5. The number of aryl methyl sites for hydroxylation is 4. The van der Waals surface area contributed by atoms with E-state index in [9.17, 15) is 4.79 Å². The monoisotopic (exact) mass is 552 g/mol. The van der Waals surface area contributed by atoms with Crippen molar-refractivity contribution in [2.45, 2.75) is 164 Å². The van der Waals surface area contributed by atoms with Crippen LogP contribution in [0.25, 0.3) is 11.0 Å². The van der Waals surface area contributed by atoms with Gasteiger partial charge in [0.2, 0.25) is 0 Å². The lowest BCUT2D eigenvalue weighted by Gasteiger charge is -2.38. The van der Waals surface area contributed by atoms with Crippen LogP contribution in [0, 0.1) is 31.6 Å². The number of benzene rings is 1. The number of hydrogen-bond donors (Lipinski definition) is 0. The molecule has 0 N–H and O–H groups in total. The maximum absolute atomic E-state index is 11.1. The molecule has 2 aromatic rings. The van der Waals surface area contributed by atoms with Crippen molar-refractivity contribution < 1.29 is 13.9 Å². The number of aldehydes is 1. The van der Waals surface area contributed by atoms with Crippen molar-refractivity contribution in [2.24, 2.45) is 17.8 Å². The van der Waals surface area contributed by atoms with Crippen LogP contribution in [0.15, 0.2) is 4.42 Å². The van der Waals surface area contributed by atoms with Crippen LogP contribution < -0.4 is 4.74 Å². The van der Waals surface area contributed by atoms with Gasteiger partial charge in [-0.3, -0.25) is 0 Å². The van der Waals surface area contributed by atoms with E-state index in [1.807, 2.05) is 0 Å². The summed E-state index contributed by atoms with van der Waals surface area (Å²) in [6, 6.07) is 0. The SMILES string of the molecule is CCCCc1c(CCC=O)oc2c(C)c(C)c3c(c12)CC[C@@](C)(CCC[C@H](C)CCC[C@H](C)CCCC(C)C)O3. The topological polar surface area (TPSA) is 39.4 Å². The summed E-state index contributed by atoms with van der Waals surface area (Å²) >= 11 is 0. The highest BCUT2D eigenvalue weighted by molar-refractivity contribution is 5.92. The molecule has 3 rings (SSSR count). The van der Waals surface area contributed by atoms with E-state index < -0.39 is 0 Å². The van der Waals surface area contributed by atoms with Gasteiger partial charge in [0.15, 0.2) is 0 Å². The van der Waals surface area contributed by atoms with Crippen LogP contribution in [-0.4, -0.2) is 11.9 Å². The summed E-state index contributed by atoms with van der Waals surface area (Å²) in [6.45, 7) is 18.5. The van der Waals surface area contributed by atoms with E-state index in [0.29, 0.717) is 12.8 Å². The van der Waals surface area contributed by atoms with Crippen LogP contribution in [0.1, 0.15) is 153 Å². The standard InChI is InChI=1S/C37H60O3/c1-9-10-20-31-33(21-14-25-38)39-36-30(7)29(6)35-32(34(31)36)22-24-37(8,40-35)23-13-19-28(5)18-12-17-27(4)16-11-15-26(2)3/h25-28H,9-24H2,1-8H3/t27-,28-,37-/m1/s1. The Bertz CT molecular complexity index is 1080. The molecule has 0 saturated carbocycles. The predicted molar refractivity (Wildman–Crippen MR) is 171 cm³/mol. The average Bonchev–Trinajstić information content (AvgIpc) is 3.27. The molecule has 3 nitrogen and oxygen atoms in total. The number of unbranched alkanes of at least 4 members (excludes halogenated alkanes) is 1. The quantitative estimate of drug-likeness (QED) is 0.173. The fourth-order valence-corrected chi connectivity index (χ4v) is 6.83. The molecule has 3 atom stereocenters. The molecule has 0 fully saturated rings. The first-order valence-corrected chi connectivity index (χ1v) is 16.8. The summed E-state index contributed by atoms with van der Waals surface area (Å²) in [4.78, 5) is 11.1. The largest absolute Gasteiger partial charge is 0.487 e. The van der Waals surface area contributed by atoms with E-state index in [-0.39, 0.29) is 5.60 Å². The summed E-state index contributed by atoms with van der Waals surface area (Å²) in [5.41, 5.74) is 6.02. The lowest BCUT2D eigenvalue weighted by molar-refractivity contribution is -0.107. The van der Waals surface area contributed by atoms with Crippen molar-refractivity contribution in [3.63, 3.8) is 0 Å². The molecule has 3 heteroatoms. The summed E-state index contributed by atoms with van der Waals surface area (Å²) in [5.74, 6) is 4.63. The van der Waals surface area contributed by atoms with E-state index in [1.54, 1.807) is 0 Å². The van der Waals surface area contributed by atoms with Gasteiger partial charge < -0.3 is 13.9 Å². The summed E-state index contributed by atoms with van der Waals surface area (Å²) < 4.78 is 13.4. The maximum Gasteiger partial charge on any atom is 0.138 e. The number of furan rings is 1. The first-order chi connectivity index (χ1) is 19.1. The van der Waals surface area contributed by atoms with Gasteiger partial charge in [-0.1, -0.05) is 86.0 Å². The second-order valence-electron chi connectivity index (χ2n) is 14.0. The first-order valence-electron chi connectivity index (χ1n) is 16.8. The molecule has 1 aromatic heterocycles. The number of rotatable bonds is 18. The third-order valence-electron chi connectivity index (χ3n) is 9.71. The van der Waals surface area contributed by atoms with Crippen LogP contribution >= 0.6 is 0 Å². The molecule has 0 amide bonds. The Morgan fingerprint density at radius 2 is 1.52 bits per heavy atom. The smallest absolute Gasteiger partial charge is 0.138 e. The van der Waals surface area contributed by atoms with Gasteiger partial charge in [-0.25, -0.2) is 0 Å². The molecule has 0 spiro atoms. The van der Waals surface area contributed by atoms with Crippen LogP contribution in [-0.2, 0) is 24.1 Å². The summed E-state index contributed by atoms with van der Waals surface area (Å²) in [5, 5.41) is 1.29. The van der Waals surface area contributed by atoms with Gasteiger partial charge in [0.05, 0.1) is 0 Å². The zero-order valence-electron chi connectivity index (χ0n) is 27.3. The molecular formula is C37H60O3. The van der Waals surface area contributed by atoms with E-state index in [1.165, 1.54) is 79.0 Å². The molecule has 40 heavy (non-hydrogen) atoms. The fourth-order valence-electron chi connectivity index (χ4n) is 6.83. The second-order valence-corrected chi connectivity index (χ2v) is 14.0. The Morgan fingerprint density at radius 1 is 0.875 bits per heavy atom. The number of ether oxygens (including phenoxy) is 1. The fraction of sp³-hybridized carbons (Fsp3) is 0.757. The van der Waals surface area contributed by atoms with Crippen molar-refractivity contribution in [1.82, 2.24) is 0 Å². The number of fused-ring (bicyclic) bond motifs is 3. The van der Waals surface area contributed by atoms with Crippen molar-refractivity contribution in [1.29, 1.82) is 0 Å². The van der Waals surface area contributed by atoms with E-state index in [4.69, 9.17) is 9.15 Å². The van der Waals surface area contributed by atoms with Crippen molar-refractivity contribution in [3.8, 4) is 5.75 Å². The van der Waals surface area contributed by atoms with Gasteiger partial charge in [-0.2, -0.15) is 0 Å². The Hall–Kier alpha value is -1.77. The minimum atomic E-state index is -0.101. The molecule has 0 radical (unpaired) electrons. The third kappa shape index (κ3) is 8.62. The van der Waals surface area contributed by atoms with E-state index in [0.717, 1.165) is 79.7 Å². The average molecular weight is 553 g/mol. The van der Waals surface area contributed by atoms with E-state index in [2.05, 4.69) is 55.4 Å². The normalized spacial score (nSPS) is 18.6. The Morgan fingerprint density at radius 3 is 2.15 bits per heavy atom. The van der Waals surface area contributed by atoms with Crippen molar-refractivity contribution in [3.05, 3.63) is 28.0 Å². The van der Waals surface area contributed by atoms with Gasteiger partial charge in [0, 0.05) is 29.4 Å². The van der Waals surface area contributed by atoms with Crippen molar-refractivity contribution >= 4 is 17.3 Å². The number of carbonyl (C=O) groups is 1. The van der Waals surface area contributed by atoms with Gasteiger partial charge >= 0.3 is 0 Å². The lowest BCUT2D eigenvalue weighted by atomic mass is 9.83. The molecule has 2 heterocycles. The summed E-state index contributed by atoms with van der Waals surface area (Å²) in [7, 11) is 0. The Balaban J connectivity index is 1.62. The van der Waals surface area contributed by atoms with Gasteiger partial charge in [0.1, 0.15) is 29.0 Å². The number of hydrogen-bond acceptors (Lipinski definition) is 3. The number of carbonyl (C=O) groups excluding carboxylic acids is 1. The first kappa shape index (κ1) is 32.7. The maximum atomic E-state index is 11.1. The summed E-state index contributed by atoms with van der Waals surface area (Å²) in [6.07, 6.45) is 19.6. The molecule has 0 aliphatic carbocycles. The third-order valence-corrected chi connectivity index (χ3v) is 9.71. The molecule has 1 aliphatic heterocycles. The highest BCUT2D eigenvalue weighted by atomic mass is 16.5. The molecule has 0 saturated heterocycles. The van der Waals surface area contributed by atoms with Gasteiger partial charge in [-0.15, -0.1) is 0 Å². The van der Waals surface area contributed by atoms with Crippen molar-refractivity contribution in [2.75, 3.05) is 0 Å². The van der Waals surface area contributed by atoms with Crippen LogP contribution in [0.5, 0.6) is 5.75 Å². The molecule has 0 bridgehead atoms. The zero-order valence-corrected chi connectivity index (χ0v) is 27.3. The lowest BCUT2D eigenvalue weighted by Crippen LogP contribution is -2.37. The van der Waals surface area contributed by atoms with E-state index >= 15 is 0 Å². The zero-order chi connectivity index (χ0) is 29.3. The van der Waals surface area contributed by atoms with Crippen LogP contribution in [0.3, 0.4) is 0 Å². The Kier molecular flexibility index (Phi) is 12.7. The van der Waals surface area contributed by atoms with Crippen LogP contribution in [0.2, 0.25) is 0 Å². The van der Waals surface area contributed by atoms with Crippen LogP contribution in [0.4, 0.5) is 0 Å². The Labute approximate surface area is 246 Å². The molecule has 226 valence electrons. The van der Waals surface area contributed by atoms with Gasteiger partial charge in [0.25, 0.3) is 0 Å². The van der Waals surface area contributed by atoms with Gasteiger partial charge in [-0.05, 0) is 88.2 Å².